The van der Waals surface area contributed by atoms with Gasteiger partial charge in [0.05, 0.1) is 5.69 Å². The molecule has 1 atom stereocenters. The average Bonchev–Trinajstić information content (AvgIpc) is 2.97. The molecule has 2 rings (SSSR count). The molecular formula is C16H29N3S. The minimum absolute atomic E-state index is 0.705. The summed E-state index contributed by atoms with van der Waals surface area (Å²) < 4.78 is 0. The number of nitrogens with zero attached hydrogens (tertiary/aromatic N) is 2. The van der Waals surface area contributed by atoms with Crippen molar-refractivity contribution in [1.29, 1.82) is 0 Å². The van der Waals surface area contributed by atoms with Gasteiger partial charge in [-0.05, 0) is 31.2 Å². The van der Waals surface area contributed by atoms with E-state index < -0.39 is 0 Å². The first kappa shape index (κ1) is 15.8. The molecule has 0 radical (unpaired) electrons. The molecule has 114 valence electrons. The van der Waals surface area contributed by atoms with E-state index in [4.69, 9.17) is 4.98 Å². The van der Waals surface area contributed by atoms with Gasteiger partial charge in [0, 0.05) is 24.5 Å². The number of aromatic nitrogens is 1. The maximum Gasteiger partial charge on any atom is 0.185 e. The van der Waals surface area contributed by atoms with Gasteiger partial charge in [-0.1, -0.05) is 34.1 Å². The summed E-state index contributed by atoms with van der Waals surface area (Å²) >= 11 is 1.90. The van der Waals surface area contributed by atoms with Crippen LogP contribution in [0, 0.1) is 11.8 Å². The second-order valence-electron chi connectivity index (χ2n) is 6.48. The summed E-state index contributed by atoms with van der Waals surface area (Å²) in [6, 6.07) is 0. The quantitative estimate of drug-likeness (QED) is 0.831. The van der Waals surface area contributed by atoms with Crippen LogP contribution in [0.3, 0.4) is 0 Å². The highest BCUT2D eigenvalue weighted by atomic mass is 32.1. The monoisotopic (exact) mass is 295 g/mol. The third-order valence-electron chi connectivity index (χ3n) is 3.79. The maximum absolute atomic E-state index is 4.92. The largest absolute Gasteiger partial charge is 0.348 e. The minimum atomic E-state index is 0.705. The van der Waals surface area contributed by atoms with Crippen LogP contribution in [0.25, 0.3) is 0 Å². The Morgan fingerprint density at radius 3 is 2.85 bits per heavy atom. The zero-order valence-corrected chi connectivity index (χ0v) is 14.2. The smallest absolute Gasteiger partial charge is 0.185 e. The summed E-state index contributed by atoms with van der Waals surface area (Å²) in [5.41, 5.74) is 1.32. The zero-order chi connectivity index (χ0) is 14.5. The number of hydrogen-bond donors (Lipinski definition) is 1. The number of thiazole rings is 1. The molecule has 1 aliphatic heterocycles. The van der Waals surface area contributed by atoms with E-state index in [0.29, 0.717) is 5.92 Å². The Morgan fingerprint density at radius 1 is 1.45 bits per heavy atom. The Morgan fingerprint density at radius 2 is 2.25 bits per heavy atom. The molecule has 1 aliphatic rings. The number of anilines is 1. The molecule has 20 heavy (non-hydrogen) atoms. The minimum Gasteiger partial charge on any atom is -0.348 e. The first-order valence-corrected chi connectivity index (χ1v) is 8.86. The Balaban J connectivity index is 2.03. The van der Waals surface area contributed by atoms with Crippen LogP contribution in [0.5, 0.6) is 0 Å². The van der Waals surface area contributed by atoms with E-state index in [9.17, 15) is 0 Å². The van der Waals surface area contributed by atoms with E-state index in [1.807, 2.05) is 11.3 Å². The van der Waals surface area contributed by atoms with Gasteiger partial charge in [-0.25, -0.2) is 4.98 Å². The van der Waals surface area contributed by atoms with Crippen LogP contribution >= 0.6 is 11.3 Å². The van der Waals surface area contributed by atoms with Gasteiger partial charge >= 0.3 is 0 Å². The molecule has 1 aromatic heterocycles. The summed E-state index contributed by atoms with van der Waals surface area (Å²) in [5.74, 6) is 1.52. The SMILES string of the molecule is CCCc1nc(N2CCC(C)C2)sc1CNCC(C)C. The first-order chi connectivity index (χ1) is 9.60. The van der Waals surface area contributed by atoms with Crippen LogP contribution in [-0.2, 0) is 13.0 Å². The third-order valence-corrected chi connectivity index (χ3v) is 4.94. The normalized spacial score (nSPS) is 19.2. The van der Waals surface area contributed by atoms with Crippen molar-refractivity contribution in [3.63, 3.8) is 0 Å². The molecule has 1 saturated heterocycles. The Labute approximate surface area is 127 Å². The Kier molecular flexibility index (Phi) is 5.85. The maximum atomic E-state index is 4.92. The lowest BCUT2D eigenvalue weighted by molar-refractivity contribution is 0.553. The van der Waals surface area contributed by atoms with E-state index in [2.05, 4.69) is 37.9 Å². The van der Waals surface area contributed by atoms with Gasteiger partial charge < -0.3 is 10.2 Å². The van der Waals surface area contributed by atoms with Gasteiger partial charge in [0.1, 0.15) is 0 Å². The van der Waals surface area contributed by atoms with Gasteiger partial charge in [0.25, 0.3) is 0 Å². The zero-order valence-electron chi connectivity index (χ0n) is 13.4. The lowest BCUT2D eigenvalue weighted by Crippen LogP contribution is -2.19. The van der Waals surface area contributed by atoms with Crippen LogP contribution in [-0.4, -0.2) is 24.6 Å². The highest BCUT2D eigenvalue weighted by molar-refractivity contribution is 7.15. The number of rotatable bonds is 7. The van der Waals surface area contributed by atoms with Crippen LogP contribution < -0.4 is 10.2 Å². The van der Waals surface area contributed by atoms with Gasteiger partial charge in [-0.2, -0.15) is 0 Å². The van der Waals surface area contributed by atoms with E-state index >= 15 is 0 Å². The topological polar surface area (TPSA) is 28.2 Å². The summed E-state index contributed by atoms with van der Waals surface area (Å²) in [6.07, 6.45) is 3.60. The van der Waals surface area contributed by atoms with E-state index in [-0.39, 0.29) is 0 Å². The lowest BCUT2D eigenvalue weighted by atomic mass is 10.2. The van der Waals surface area contributed by atoms with Crippen molar-refractivity contribution in [2.24, 2.45) is 11.8 Å². The molecule has 0 spiro atoms. The fourth-order valence-corrected chi connectivity index (χ4v) is 3.77. The predicted molar refractivity (Wildman–Crippen MR) is 88.6 cm³/mol. The first-order valence-electron chi connectivity index (χ1n) is 8.04. The second kappa shape index (κ2) is 7.41. The van der Waals surface area contributed by atoms with Crippen molar-refractivity contribution < 1.29 is 0 Å². The van der Waals surface area contributed by atoms with Crippen molar-refractivity contribution in [3.05, 3.63) is 10.6 Å². The molecule has 0 amide bonds. The molecule has 2 heterocycles. The fourth-order valence-electron chi connectivity index (χ4n) is 2.66. The van der Waals surface area contributed by atoms with Crippen LogP contribution in [0.1, 0.15) is 51.1 Å². The molecule has 1 N–H and O–H groups in total. The summed E-state index contributed by atoms with van der Waals surface area (Å²) in [7, 11) is 0. The summed E-state index contributed by atoms with van der Waals surface area (Å²) in [5, 5.41) is 4.81. The second-order valence-corrected chi connectivity index (χ2v) is 7.54. The highest BCUT2D eigenvalue weighted by Crippen LogP contribution is 2.31. The van der Waals surface area contributed by atoms with Crippen LogP contribution in [0.4, 0.5) is 5.13 Å². The number of nitrogens with one attached hydrogen (secondary N) is 1. The van der Waals surface area contributed by atoms with E-state index in [0.717, 1.165) is 25.4 Å². The fraction of sp³-hybridized carbons (Fsp3) is 0.812. The van der Waals surface area contributed by atoms with Crippen LogP contribution in [0.15, 0.2) is 0 Å². The highest BCUT2D eigenvalue weighted by Gasteiger charge is 2.22. The standard InChI is InChI=1S/C16H29N3S/c1-5-6-14-15(10-17-9-12(2)3)20-16(18-14)19-8-7-13(4)11-19/h12-13,17H,5-11H2,1-4H3. The van der Waals surface area contributed by atoms with Crippen molar-refractivity contribution in [3.8, 4) is 0 Å². The molecule has 0 saturated carbocycles. The van der Waals surface area contributed by atoms with Crippen molar-refractivity contribution in [1.82, 2.24) is 10.3 Å². The van der Waals surface area contributed by atoms with Gasteiger partial charge in [0.15, 0.2) is 5.13 Å². The van der Waals surface area contributed by atoms with Crippen molar-refractivity contribution in [2.75, 3.05) is 24.5 Å². The Bertz CT molecular complexity index is 414. The summed E-state index contributed by atoms with van der Waals surface area (Å²) in [4.78, 5) is 8.84. The number of aryl methyl sites for hydroxylation is 1. The third kappa shape index (κ3) is 4.19. The lowest BCUT2D eigenvalue weighted by Gasteiger charge is -2.13. The summed E-state index contributed by atoms with van der Waals surface area (Å²) in [6.45, 7) is 13.5. The van der Waals surface area contributed by atoms with E-state index in [1.54, 1.807) is 0 Å². The molecule has 3 nitrogen and oxygen atoms in total. The number of hydrogen-bond acceptors (Lipinski definition) is 4. The molecule has 1 aromatic rings. The predicted octanol–water partition coefficient (Wildman–Crippen LogP) is 3.69. The van der Waals surface area contributed by atoms with Gasteiger partial charge in [-0.3, -0.25) is 0 Å². The molecule has 0 aliphatic carbocycles. The molecule has 4 heteroatoms. The molecule has 1 fully saturated rings. The molecule has 0 bridgehead atoms. The molecule has 1 unspecified atom stereocenters. The molecule has 0 aromatic carbocycles. The molecular weight excluding hydrogens is 266 g/mol. The Hall–Kier alpha value is -0.610. The van der Waals surface area contributed by atoms with Crippen LogP contribution in [0.2, 0.25) is 0 Å². The van der Waals surface area contributed by atoms with Gasteiger partial charge in [0.2, 0.25) is 0 Å². The van der Waals surface area contributed by atoms with Crippen molar-refractivity contribution >= 4 is 16.5 Å². The average molecular weight is 295 g/mol. The van der Waals surface area contributed by atoms with E-state index in [1.165, 1.54) is 41.6 Å². The van der Waals surface area contributed by atoms with Crippen molar-refractivity contribution in [2.45, 2.75) is 53.5 Å². The van der Waals surface area contributed by atoms with Gasteiger partial charge in [-0.15, -0.1) is 11.3 Å².